The molecule has 7 heteroatoms. The molecule has 2 saturated heterocycles. The van der Waals surface area contributed by atoms with Crippen LogP contribution in [0, 0.1) is 0 Å². The molecular weight excluding hydrogens is 330 g/mol. The van der Waals surface area contributed by atoms with Gasteiger partial charge in [-0.1, -0.05) is 6.42 Å². The van der Waals surface area contributed by atoms with Crippen LogP contribution in [0.2, 0.25) is 0 Å². The van der Waals surface area contributed by atoms with Gasteiger partial charge in [0.15, 0.2) is 5.96 Å². The van der Waals surface area contributed by atoms with Crippen LogP contribution in [0.4, 0.5) is 0 Å². The Bertz CT molecular complexity index is 449. The molecule has 0 aromatic rings. The van der Waals surface area contributed by atoms with Gasteiger partial charge in [0, 0.05) is 46.4 Å². The standard InChI is InChI=1S/C19H37N5O2/c1-16-8-4-5-11-24(16)12-7-10-20-19(22-15-18(25)23(2)3)21-14-17-9-6-13-26-17/h16-17H,4-15H2,1-3H3,(H2,20,21,22). The van der Waals surface area contributed by atoms with Crippen molar-refractivity contribution in [2.75, 3.05) is 53.4 Å². The van der Waals surface area contributed by atoms with Crippen LogP contribution in [0.15, 0.2) is 4.99 Å². The fourth-order valence-electron chi connectivity index (χ4n) is 3.46. The molecule has 2 aliphatic heterocycles. The first-order valence-corrected chi connectivity index (χ1v) is 10.1. The van der Waals surface area contributed by atoms with Crippen LogP contribution >= 0.6 is 0 Å². The second kappa shape index (κ2) is 11.4. The number of likely N-dealkylation sites (N-methyl/N-ethyl adjacent to an activating group) is 1. The number of piperidine rings is 1. The topological polar surface area (TPSA) is 69.2 Å². The first kappa shape index (κ1) is 21.0. The summed E-state index contributed by atoms with van der Waals surface area (Å²) in [5.74, 6) is 0.716. The maximum atomic E-state index is 11.8. The summed E-state index contributed by atoms with van der Waals surface area (Å²) in [7, 11) is 3.51. The molecule has 150 valence electrons. The van der Waals surface area contributed by atoms with E-state index in [4.69, 9.17) is 4.74 Å². The molecule has 2 aliphatic rings. The smallest absolute Gasteiger partial charge is 0.243 e. The molecule has 0 bridgehead atoms. The van der Waals surface area contributed by atoms with E-state index in [0.29, 0.717) is 12.0 Å². The molecule has 2 rings (SSSR count). The van der Waals surface area contributed by atoms with E-state index in [1.54, 1.807) is 19.0 Å². The van der Waals surface area contributed by atoms with Gasteiger partial charge in [-0.3, -0.25) is 4.79 Å². The van der Waals surface area contributed by atoms with Crippen molar-refractivity contribution in [3.63, 3.8) is 0 Å². The number of amides is 1. The third-order valence-electron chi connectivity index (χ3n) is 5.25. The van der Waals surface area contributed by atoms with E-state index < -0.39 is 0 Å². The van der Waals surface area contributed by atoms with Crippen molar-refractivity contribution >= 4 is 11.9 Å². The maximum Gasteiger partial charge on any atom is 0.243 e. The van der Waals surface area contributed by atoms with Gasteiger partial charge in [0.1, 0.15) is 6.54 Å². The van der Waals surface area contributed by atoms with Crippen LogP contribution in [-0.4, -0.2) is 87.2 Å². The van der Waals surface area contributed by atoms with Crippen LogP contribution in [0.25, 0.3) is 0 Å². The Labute approximate surface area is 158 Å². The number of carbonyl (C=O) groups excluding carboxylic acids is 1. The second-order valence-corrected chi connectivity index (χ2v) is 7.63. The Morgan fingerprint density at radius 2 is 2.08 bits per heavy atom. The minimum Gasteiger partial charge on any atom is -0.376 e. The van der Waals surface area contributed by atoms with Crippen molar-refractivity contribution in [2.24, 2.45) is 4.99 Å². The monoisotopic (exact) mass is 367 g/mol. The Morgan fingerprint density at radius 1 is 1.23 bits per heavy atom. The van der Waals surface area contributed by atoms with E-state index in [-0.39, 0.29) is 18.6 Å². The minimum absolute atomic E-state index is 0.00496. The van der Waals surface area contributed by atoms with E-state index in [0.717, 1.165) is 45.5 Å². The summed E-state index contributed by atoms with van der Waals surface area (Å²) in [6.45, 7) is 7.27. The lowest BCUT2D eigenvalue weighted by atomic mass is 10.0. The molecule has 0 spiro atoms. The summed E-state index contributed by atoms with van der Waals surface area (Å²) in [5.41, 5.74) is 0. The van der Waals surface area contributed by atoms with Gasteiger partial charge in [-0.15, -0.1) is 0 Å². The largest absolute Gasteiger partial charge is 0.376 e. The van der Waals surface area contributed by atoms with Gasteiger partial charge < -0.3 is 25.2 Å². The molecule has 2 unspecified atom stereocenters. The summed E-state index contributed by atoms with van der Waals surface area (Å²) in [6, 6.07) is 0.701. The molecular formula is C19H37N5O2. The molecule has 0 aromatic heterocycles. The molecule has 2 N–H and O–H groups in total. The predicted molar refractivity (Wildman–Crippen MR) is 105 cm³/mol. The highest BCUT2D eigenvalue weighted by atomic mass is 16.5. The quantitative estimate of drug-likeness (QED) is 0.381. The second-order valence-electron chi connectivity index (χ2n) is 7.63. The van der Waals surface area contributed by atoms with Crippen molar-refractivity contribution in [3.8, 4) is 0 Å². The van der Waals surface area contributed by atoms with Gasteiger partial charge in [-0.25, -0.2) is 4.99 Å². The summed E-state index contributed by atoms with van der Waals surface area (Å²) in [5, 5.41) is 6.71. The van der Waals surface area contributed by atoms with Gasteiger partial charge in [0.25, 0.3) is 0 Å². The van der Waals surface area contributed by atoms with E-state index in [2.05, 4.69) is 27.4 Å². The zero-order valence-corrected chi connectivity index (χ0v) is 16.8. The van der Waals surface area contributed by atoms with Crippen molar-refractivity contribution in [2.45, 2.75) is 57.6 Å². The number of aliphatic imine (C=N–C) groups is 1. The van der Waals surface area contributed by atoms with E-state index in [1.165, 1.54) is 25.8 Å². The van der Waals surface area contributed by atoms with Gasteiger partial charge in [0.05, 0.1) is 6.10 Å². The van der Waals surface area contributed by atoms with Crippen molar-refractivity contribution in [1.29, 1.82) is 0 Å². The number of hydrogen-bond donors (Lipinski definition) is 2. The summed E-state index contributed by atoms with van der Waals surface area (Å²) < 4.78 is 5.66. The average Bonchev–Trinajstić information content (AvgIpc) is 3.14. The maximum absolute atomic E-state index is 11.8. The Kier molecular flexibility index (Phi) is 9.18. The summed E-state index contributed by atoms with van der Waals surface area (Å²) in [4.78, 5) is 20.4. The molecule has 2 fully saturated rings. The van der Waals surface area contributed by atoms with E-state index in [9.17, 15) is 4.79 Å². The summed E-state index contributed by atoms with van der Waals surface area (Å²) >= 11 is 0. The number of likely N-dealkylation sites (tertiary alicyclic amines) is 1. The Balaban J connectivity index is 1.74. The SMILES string of the molecule is CC1CCCCN1CCCNC(=NCC(=O)N(C)C)NCC1CCCO1. The molecule has 0 radical (unpaired) electrons. The zero-order valence-electron chi connectivity index (χ0n) is 16.8. The van der Waals surface area contributed by atoms with Gasteiger partial charge in [0.2, 0.25) is 5.91 Å². The van der Waals surface area contributed by atoms with Crippen molar-refractivity contribution in [1.82, 2.24) is 20.4 Å². The first-order valence-electron chi connectivity index (χ1n) is 10.1. The molecule has 0 aliphatic carbocycles. The average molecular weight is 368 g/mol. The molecule has 0 aromatic carbocycles. The van der Waals surface area contributed by atoms with Crippen LogP contribution < -0.4 is 10.6 Å². The van der Waals surface area contributed by atoms with Gasteiger partial charge >= 0.3 is 0 Å². The van der Waals surface area contributed by atoms with Crippen LogP contribution in [0.5, 0.6) is 0 Å². The van der Waals surface area contributed by atoms with Crippen LogP contribution in [0.1, 0.15) is 45.4 Å². The molecule has 2 heterocycles. The lowest BCUT2D eigenvalue weighted by Crippen LogP contribution is -2.43. The number of nitrogens with one attached hydrogen (secondary N) is 2. The highest BCUT2D eigenvalue weighted by Crippen LogP contribution is 2.16. The molecule has 7 nitrogen and oxygen atoms in total. The fourth-order valence-corrected chi connectivity index (χ4v) is 3.46. The lowest BCUT2D eigenvalue weighted by Gasteiger charge is -2.33. The van der Waals surface area contributed by atoms with E-state index >= 15 is 0 Å². The molecule has 26 heavy (non-hydrogen) atoms. The number of hydrogen-bond acceptors (Lipinski definition) is 4. The van der Waals surface area contributed by atoms with Crippen molar-refractivity contribution < 1.29 is 9.53 Å². The number of ether oxygens (including phenoxy) is 1. The predicted octanol–water partition coefficient (Wildman–Crippen LogP) is 1.05. The van der Waals surface area contributed by atoms with E-state index in [1.807, 2.05) is 0 Å². The Hall–Kier alpha value is -1.34. The highest BCUT2D eigenvalue weighted by Gasteiger charge is 2.18. The van der Waals surface area contributed by atoms with Gasteiger partial charge in [-0.2, -0.15) is 0 Å². The fraction of sp³-hybridized carbons (Fsp3) is 0.895. The molecule has 1 amide bonds. The molecule has 2 atom stereocenters. The third kappa shape index (κ3) is 7.50. The van der Waals surface area contributed by atoms with Crippen LogP contribution in [0.3, 0.4) is 0 Å². The Morgan fingerprint density at radius 3 is 2.77 bits per heavy atom. The zero-order chi connectivity index (χ0) is 18.8. The molecule has 0 saturated carbocycles. The summed E-state index contributed by atoms with van der Waals surface area (Å²) in [6.07, 6.45) is 7.53. The number of guanidine groups is 1. The minimum atomic E-state index is 0.00496. The lowest BCUT2D eigenvalue weighted by molar-refractivity contribution is -0.127. The number of rotatable bonds is 8. The normalized spacial score (nSPS) is 24.5. The van der Waals surface area contributed by atoms with Crippen LogP contribution in [-0.2, 0) is 9.53 Å². The first-order chi connectivity index (χ1) is 12.6. The number of carbonyl (C=O) groups is 1. The third-order valence-corrected chi connectivity index (χ3v) is 5.25. The van der Waals surface area contributed by atoms with Crippen molar-refractivity contribution in [3.05, 3.63) is 0 Å². The highest BCUT2D eigenvalue weighted by molar-refractivity contribution is 5.84. The van der Waals surface area contributed by atoms with Gasteiger partial charge in [-0.05, 0) is 45.6 Å². The number of nitrogens with zero attached hydrogens (tertiary/aromatic N) is 3.